The number of phenolic OH excluding ortho intramolecular Hbond substituents is 2. The van der Waals surface area contributed by atoms with Crippen molar-refractivity contribution in [1.82, 2.24) is 10.6 Å². The van der Waals surface area contributed by atoms with Gasteiger partial charge in [-0.05, 0) is 59.9 Å². The first-order chi connectivity index (χ1) is 15.8. The molecule has 7 heteroatoms. The van der Waals surface area contributed by atoms with Crippen LogP contribution in [0.25, 0.3) is 0 Å². The molecule has 0 saturated heterocycles. The van der Waals surface area contributed by atoms with Crippen LogP contribution in [-0.4, -0.2) is 33.8 Å². The number of hydrogen-bond acceptors (Lipinski definition) is 5. The lowest BCUT2D eigenvalue weighted by Gasteiger charge is -2.18. The van der Waals surface area contributed by atoms with Gasteiger partial charge in [0.2, 0.25) is 5.91 Å². The van der Waals surface area contributed by atoms with Gasteiger partial charge in [-0.3, -0.25) is 4.79 Å². The number of aromatic hydroxyl groups is 2. The van der Waals surface area contributed by atoms with Crippen LogP contribution in [0.3, 0.4) is 0 Å². The van der Waals surface area contributed by atoms with E-state index in [2.05, 4.69) is 10.6 Å². The minimum absolute atomic E-state index is 0.0502. The number of nitrogens with one attached hydrogen (secondary N) is 2. The molecule has 6 nitrogen and oxygen atoms in total. The first-order valence-corrected chi connectivity index (χ1v) is 11.2. The van der Waals surface area contributed by atoms with E-state index < -0.39 is 6.10 Å². The second-order valence-electron chi connectivity index (χ2n) is 8.21. The quantitative estimate of drug-likeness (QED) is 0.311. The molecule has 0 saturated carbocycles. The molecule has 3 rings (SSSR count). The molecular weight excluding hydrogens is 440 g/mol. The Bertz CT molecular complexity index is 1050. The van der Waals surface area contributed by atoms with Gasteiger partial charge in [-0.2, -0.15) is 0 Å². The Morgan fingerprint density at radius 2 is 1.61 bits per heavy atom. The SMILES string of the molecule is C[C@H](Cc1cccc(CC(=O)NCc2ccc(Cl)cc2)c1)NC[C@H](O)c1cc(O)cc(O)c1. The largest absolute Gasteiger partial charge is 0.508 e. The fraction of sp³-hybridized carbons (Fsp3) is 0.269. The summed E-state index contributed by atoms with van der Waals surface area (Å²) in [5.74, 6) is -0.233. The Hall–Kier alpha value is -3.06. The third-order valence-corrected chi connectivity index (χ3v) is 5.52. The summed E-state index contributed by atoms with van der Waals surface area (Å²) in [5, 5.41) is 36.4. The summed E-state index contributed by atoms with van der Waals surface area (Å²) in [4.78, 5) is 12.3. The number of carbonyl (C=O) groups is 1. The lowest BCUT2D eigenvalue weighted by atomic mass is 10.0. The number of aliphatic hydroxyl groups is 1. The minimum Gasteiger partial charge on any atom is -0.508 e. The normalized spacial score (nSPS) is 12.8. The van der Waals surface area contributed by atoms with Crippen molar-refractivity contribution in [1.29, 1.82) is 0 Å². The molecule has 0 spiro atoms. The third-order valence-electron chi connectivity index (χ3n) is 5.27. The van der Waals surface area contributed by atoms with Crippen LogP contribution in [0.15, 0.2) is 66.7 Å². The second-order valence-corrected chi connectivity index (χ2v) is 8.65. The molecule has 0 aromatic heterocycles. The summed E-state index contributed by atoms with van der Waals surface area (Å²) in [5.41, 5.74) is 3.45. The van der Waals surface area contributed by atoms with Crippen LogP contribution in [-0.2, 0) is 24.2 Å². The molecule has 2 atom stereocenters. The van der Waals surface area contributed by atoms with Crippen LogP contribution in [0.2, 0.25) is 5.02 Å². The van der Waals surface area contributed by atoms with Crippen molar-refractivity contribution < 1.29 is 20.1 Å². The van der Waals surface area contributed by atoms with Gasteiger partial charge in [0.15, 0.2) is 0 Å². The number of halogens is 1. The van der Waals surface area contributed by atoms with Crippen molar-refractivity contribution in [2.24, 2.45) is 0 Å². The van der Waals surface area contributed by atoms with Crippen molar-refractivity contribution in [3.05, 3.63) is 94.0 Å². The molecule has 3 aromatic rings. The van der Waals surface area contributed by atoms with Gasteiger partial charge in [0.1, 0.15) is 11.5 Å². The minimum atomic E-state index is -0.860. The highest BCUT2D eigenvalue weighted by molar-refractivity contribution is 6.30. The number of phenols is 2. The zero-order chi connectivity index (χ0) is 23.8. The molecule has 0 fully saturated rings. The summed E-state index contributed by atoms with van der Waals surface area (Å²) in [6.45, 7) is 2.74. The van der Waals surface area contributed by atoms with E-state index in [0.29, 0.717) is 23.6 Å². The fourth-order valence-electron chi connectivity index (χ4n) is 3.58. The Morgan fingerprint density at radius 1 is 0.939 bits per heavy atom. The molecule has 33 heavy (non-hydrogen) atoms. The van der Waals surface area contributed by atoms with Crippen molar-refractivity contribution in [2.75, 3.05) is 6.54 Å². The predicted molar refractivity (Wildman–Crippen MR) is 129 cm³/mol. The van der Waals surface area contributed by atoms with Gasteiger partial charge >= 0.3 is 0 Å². The topological polar surface area (TPSA) is 102 Å². The molecule has 0 radical (unpaired) electrons. The van der Waals surface area contributed by atoms with Crippen LogP contribution in [0, 0.1) is 0 Å². The summed E-state index contributed by atoms with van der Waals surface area (Å²) in [7, 11) is 0. The molecule has 3 aromatic carbocycles. The fourth-order valence-corrected chi connectivity index (χ4v) is 3.71. The van der Waals surface area contributed by atoms with E-state index >= 15 is 0 Å². The van der Waals surface area contributed by atoms with Gasteiger partial charge in [-0.1, -0.05) is 48.0 Å². The number of hydrogen-bond donors (Lipinski definition) is 5. The molecule has 0 aliphatic carbocycles. The first-order valence-electron chi connectivity index (χ1n) is 10.8. The summed E-state index contributed by atoms with van der Waals surface area (Å²) >= 11 is 5.88. The molecule has 0 unspecified atom stereocenters. The van der Waals surface area contributed by atoms with Crippen molar-refractivity contribution in [3.63, 3.8) is 0 Å². The summed E-state index contributed by atoms with van der Waals surface area (Å²) < 4.78 is 0. The number of aliphatic hydroxyl groups excluding tert-OH is 1. The zero-order valence-electron chi connectivity index (χ0n) is 18.5. The van der Waals surface area contributed by atoms with E-state index in [1.54, 1.807) is 12.1 Å². The molecule has 1 amide bonds. The van der Waals surface area contributed by atoms with Crippen LogP contribution < -0.4 is 10.6 Å². The van der Waals surface area contributed by atoms with E-state index in [-0.39, 0.29) is 30.0 Å². The Kier molecular flexibility index (Phi) is 8.72. The van der Waals surface area contributed by atoms with Crippen molar-refractivity contribution in [3.8, 4) is 11.5 Å². The van der Waals surface area contributed by atoms with E-state index in [1.807, 2.05) is 43.3 Å². The standard InChI is InChI=1S/C26H29ClN2O4/c1-17(28-16-25(32)21-12-23(30)14-24(31)13-21)9-19-3-2-4-20(10-19)11-26(33)29-15-18-5-7-22(27)8-6-18/h2-8,10,12-14,17,25,28,30-32H,9,11,15-16H2,1H3,(H,29,33)/t17-,25+/m1/s1. The average Bonchev–Trinajstić information content (AvgIpc) is 2.76. The van der Waals surface area contributed by atoms with Crippen LogP contribution >= 0.6 is 11.6 Å². The first kappa shape index (κ1) is 24.6. The van der Waals surface area contributed by atoms with Gasteiger partial charge in [0.05, 0.1) is 12.5 Å². The molecule has 0 aliphatic rings. The number of carbonyl (C=O) groups excluding carboxylic acids is 1. The monoisotopic (exact) mass is 468 g/mol. The van der Waals surface area contributed by atoms with Gasteiger partial charge in [0.25, 0.3) is 0 Å². The highest BCUT2D eigenvalue weighted by atomic mass is 35.5. The lowest BCUT2D eigenvalue weighted by molar-refractivity contribution is -0.120. The maximum Gasteiger partial charge on any atom is 0.224 e. The maximum atomic E-state index is 12.3. The summed E-state index contributed by atoms with van der Waals surface area (Å²) in [6.07, 6.45) is 0.155. The second kappa shape index (κ2) is 11.7. The van der Waals surface area contributed by atoms with E-state index in [4.69, 9.17) is 11.6 Å². The lowest BCUT2D eigenvalue weighted by Crippen LogP contribution is -2.32. The van der Waals surface area contributed by atoms with Crippen LogP contribution in [0.5, 0.6) is 11.5 Å². The van der Waals surface area contributed by atoms with E-state index in [9.17, 15) is 20.1 Å². The van der Waals surface area contributed by atoms with Crippen LogP contribution in [0.1, 0.15) is 35.3 Å². The van der Waals surface area contributed by atoms with Gasteiger partial charge < -0.3 is 26.0 Å². The Labute approximate surface area is 198 Å². The highest BCUT2D eigenvalue weighted by Crippen LogP contribution is 2.24. The molecule has 174 valence electrons. The Morgan fingerprint density at radius 3 is 2.30 bits per heavy atom. The molecule has 0 aliphatic heterocycles. The van der Waals surface area contributed by atoms with Crippen molar-refractivity contribution >= 4 is 17.5 Å². The highest BCUT2D eigenvalue weighted by Gasteiger charge is 2.12. The van der Waals surface area contributed by atoms with E-state index in [1.165, 1.54) is 18.2 Å². The van der Waals surface area contributed by atoms with E-state index in [0.717, 1.165) is 23.1 Å². The third kappa shape index (κ3) is 8.09. The smallest absolute Gasteiger partial charge is 0.224 e. The molecular formula is C26H29ClN2O4. The number of rotatable bonds is 10. The van der Waals surface area contributed by atoms with Gasteiger partial charge in [-0.25, -0.2) is 0 Å². The van der Waals surface area contributed by atoms with Crippen LogP contribution in [0.4, 0.5) is 0 Å². The van der Waals surface area contributed by atoms with Gasteiger partial charge in [0, 0.05) is 30.2 Å². The zero-order valence-corrected chi connectivity index (χ0v) is 19.2. The number of benzene rings is 3. The summed E-state index contributed by atoms with van der Waals surface area (Å²) in [6, 6.07) is 19.4. The average molecular weight is 469 g/mol. The van der Waals surface area contributed by atoms with Gasteiger partial charge in [-0.15, -0.1) is 0 Å². The molecule has 0 heterocycles. The molecule has 5 N–H and O–H groups in total. The maximum absolute atomic E-state index is 12.3. The van der Waals surface area contributed by atoms with Crippen molar-refractivity contribution in [2.45, 2.75) is 38.5 Å². The Balaban J connectivity index is 1.47. The molecule has 0 bridgehead atoms. The number of amides is 1. The predicted octanol–water partition coefficient (Wildman–Crippen LogP) is 3.86.